The maximum Gasteiger partial charge on any atom is 0.531 e. The quantitative estimate of drug-likeness (QED) is 0.217. The number of nitrogens with zero attached hydrogens (tertiary/aromatic N) is 1. The van der Waals surface area contributed by atoms with E-state index in [2.05, 4.69) is 15.7 Å². The molecule has 1 aliphatic rings. The lowest BCUT2D eigenvalue weighted by Crippen LogP contribution is -2.82. The number of carboxylic acids is 1. The number of amides is 3. The van der Waals surface area contributed by atoms with Crippen LogP contribution in [0.25, 0.3) is 0 Å². The molecule has 0 aromatic carbocycles. The number of hydrazine groups is 1. The summed E-state index contributed by atoms with van der Waals surface area (Å²) in [4.78, 5) is 52.2. The van der Waals surface area contributed by atoms with Gasteiger partial charge in [-0.05, 0) is 60.5 Å². The monoisotopic (exact) mass is 540 g/mol. The SMILES string of the molecule is CCCC(C)(OC)C(NC(C)=O)C1C=C(C(=O)[O-])CC1[NH+]=CN(NC(=O)OC(C)(C)C)C(=O)OC(C)(C)C. The molecule has 1 rings (SSSR count). The van der Waals surface area contributed by atoms with Crippen molar-refractivity contribution in [2.75, 3.05) is 7.11 Å². The summed E-state index contributed by atoms with van der Waals surface area (Å²) in [5, 5.41) is 15.5. The first-order chi connectivity index (χ1) is 17.3. The zero-order valence-corrected chi connectivity index (χ0v) is 24.2. The highest BCUT2D eigenvalue weighted by Crippen LogP contribution is 2.34. The van der Waals surface area contributed by atoms with E-state index in [0.717, 1.165) is 11.4 Å². The van der Waals surface area contributed by atoms with Crippen molar-refractivity contribution in [3.8, 4) is 0 Å². The van der Waals surface area contributed by atoms with Crippen LogP contribution in [-0.4, -0.2) is 71.4 Å². The lowest BCUT2D eigenvalue weighted by atomic mass is 9.80. The second-order valence-corrected chi connectivity index (χ2v) is 11.6. The molecule has 0 saturated carbocycles. The summed E-state index contributed by atoms with van der Waals surface area (Å²) in [6.45, 7) is 15.2. The summed E-state index contributed by atoms with van der Waals surface area (Å²) in [7, 11) is 1.53. The van der Waals surface area contributed by atoms with E-state index in [9.17, 15) is 24.3 Å². The van der Waals surface area contributed by atoms with Gasteiger partial charge in [-0.1, -0.05) is 24.4 Å². The summed E-state index contributed by atoms with van der Waals surface area (Å²) in [5.74, 6) is -2.22. The molecule has 3 amide bonds. The fraction of sp³-hybridized carbons (Fsp3) is 0.731. The number of carbonyl (C=O) groups is 4. The van der Waals surface area contributed by atoms with E-state index < -0.39 is 53.0 Å². The van der Waals surface area contributed by atoms with Gasteiger partial charge in [0.1, 0.15) is 17.2 Å². The number of carbonyl (C=O) groups excluding carboxylic acids is 4. The normalized spacial score (nSPS) is 20.2. The van der Waals surface area contributed by atoms with E-state index in [1.807, 2.05) is 13.8 Å². The van der Waals surface area contributed by atoms with Crippen LogP contribution in [-0.2, 0) is 23.8 Å². The van der Waals surface area contributed by atoms with Crippen LogP contribution in [0.4, 0.5) is 9.59 Å². The number of carboxylic acid groups (broad SMARTS) is 1. The predicted octanol–water partition coefficient (Wildman–Crippen LogP) is 0.547. The molecular weight excluding hydrogens is 496 g/mol. The van der Waals surface area contributed by atoms with Crippen molar-refractivity contribution in [1.82, 2.24) is 15.8 Å². The van der Waals surface area contributed by atoms with Crippen molar-refractivity contribution in [2.24, 2.45) is 5.92 Å². The standard InChI is InChI=1S/C26H44N4O8/c1-11-12-26(9,36-10)20(28-16(2)31)18-13-17(21(32)33)14-19(18)27-15-30(23(35)38-25(6,7)8)29-22(34)37-24(3,4)5/h13,15,18-20H,11-12,14H2,1-10H3,(H,28,31)(H,29,34)(H,32,33). The molecule has 4 unspecified atom stereocenters. The Hall–Kier alpha value is -3.15. The fourth-order valence-electron chi connectivity index (χ4n) is 4.21. The number of methoxy groups -OCH3 is 1. The summed E-state index contributed by atoms with van der Waals surface area (Å²) < 4.78 is 16.5. The molecule has 3 N–H and O–H groups in total. The summed E-state index contributed by atoms with van der Waals surface area (Å²) in [6.07, 6.45) is 2.28. The van der Waals surface area contributed by atoms with E-state index in [1.165, 1.54) is 26.4 Å². The van der Waals surface area contributed by atoms with Gasteiger partial charge < -0.3 is 29.4 Å². The minimum atomic E-state index is -1.34. The third-order valence-corrected chi connectivity index (χ3v) is 5.79. The molecule has 0 bridgehead atoms. The lowest BCUT2D eigenvalue weighted by Gasteiger charge is -2.40. The predicted molar refractivity (Wildman–Crippen MR) is 137 cm³/mol. The number of nitrogens with one attached hydrogen (secondary N) is 3. The van der Waals surface area contributed by atoms with Gasteiger partial charge in [0.25, 0.3) is 6.34 Å². The van der Waals surface area contributed by atoms with E-state index in [4.69, 9.17) is 14.2 Å². The number of hydrogen-bond donors (Lipinski definition) is 3. The highest BCUT2D eigenvalue weighted by atomic mass is 16.6. The van der Waals surface area contributed by atoms with Gasteiger partial charge in [0, 0.05) is 26.4 Å². The molecule has 0 spiro atoms. The Bertz CT molecular complexity index is 935. The molecule has 0 radical (unpaired) electrons. The van der Waals surface area contributed by atoms with Crippen LogP contribution in [0.2, 0.25) is 0 Å². The van der Waals surface area contributed by atoms with Crippen molar-refractivity contribution in [2.45, 2.75) is 110 Å². The van der Waals surface area contributed by atoms with Crippen molar-refractivity contribution < 1.29 is 43.5 Å². The number of ether oxygens (including phenoxy) is 3. The summed E-state index contributed by atoms with van der Waals surface area (Å²) >= 11 is 0. The van der Waals surface area contributed by atoms with Gasteiger partial charge in [0.15, 0.2) is 0 Å². The summed E-state index contributed by atoms with van der Waals surface area (Å²) in [6, 6.07) is -1.24. The zero-order valence-electron chi connectivity index (χ0n) is 24.2. The maximum atomic E-state index is 12.9. The van der Waals surface area contributed by atoms with E-state index >= 15 is 0 Å². The number of rotatable bonds is 9. The average Bonchev–Trinajstić information content (AvgIpc) is 3.16. The Balaban J connectivity index is 3.45. The number of aliphatic carboxylic acids is 1. The van der Waals surface area contributed by atoms with Gasteiger partial charge >= 0.3 is 12.2 Å². The van der Waals surface area contributed by atoms with Gasteiger partial charge in [-0.2, -0.15) is 4.79 Å². The Kier molecular flexibility index (Phi) is 11.3. The first-order valence-electron chi connectivity index (χ1n) is 12.7. The van der Waals surface area contributed by atoms with Crippen LogP contribution in [0.15, 0.2) is 11.6 Å². The molecule has 0 heterocycles. The molecule has 0 aliphatic heterocycles. The summed E-state index contributed by atoms with van der Waals surface area (Å²) in [5.41, 5.74) is -0.151. The van der Waals surface area contributed by atoms with E-state index in [0.29, 0.717) is 6.42 Å². The maximum absolute atomic E-state index is 12.9. The van der Waals surface area contributed by atoms with E-state index in [-0.39, 0.29) is 17.9 Å². The third-order valence-electron chi connectivity index (χ3n) is 5.79. The molecule has 216 valence electrons. The van der Waals surface area contributed by atoms with Crippen molar-refractivity contribution in [3.63, 3.8) is 0 Å². The zero-order chi connectivity index (χ0) is 29.5. The van der Waals surface area contributed by atoms with Gasteiger partial charge in [-0.15, -0.1) is 5.43 Å². The molecule has 38 heavy (non-hydrogen) atoms. The fourth-order valence-corrected chi connectivity index (χ4v) is 4.21. The molecule has 12 nitrogen and oxygen atoms in total. The second kappa shape index (κ2) is 13.1. The van der Waals surface area contributed by atoms with Crippen LogP contribution in [0.5, 0.6) is 0 Å². The van der Waals surface area contributed by atoms with Crippen molar-refractivity contribution >= 4 is 30.4 Å². The average molecular weight is 541 g/mol. The van der Waals surface area contributed by atoms with Gasteiger partial charge in [0.05, 0.1) is 17.6 Å². The van der Waals surface area contributed by atoms with Crippen LogP contribution in [0.3, 0.4) is 0 Å². The molecule has 4 atom stereocenters. The third kappa shape index (κ3) is 10.3. The van der Waals surface area contributed by atoms with Crippen molar-refractivity contribution in [1.29, 1.82) is 0 Å². The number of hydrogen-bond acceptors (Lipinski definition) is 8. The Morgan fingerprint density at radius 1 is 1.13 bits per heavy atom. The van der Waals surface area contributed by atoms with Gasteiger partial charge in [-0.3, -0.25) is 9.79 Å². The van der Waals surface area contributed by atoms with Gasteiger partial charge in [-0.25, -0.2) is 4.79 Å². The Morgan fingerprint density at radius 3 is 2.16 bits per heavy atom. The van der Waals surface area contributed by atoms with E-state index in [1.54, 1.807) is 41.5 Å². The molecule has 0 fully saturated rings. The largest absolute Gasteiger partial charge is 0.545 e. The molecule has 0 aromatic heterocycles. The topological polar surface area (TPSA) is 160 Å². The van der Waals surface area contributed by atoms with Crippen LogP contribution < -0.4 is 20.8 Å². The highest BCUT2D eigenvalue weighted by molar-refractivity contribution is 5.86. The molecule has 0 aromatic rings. The van der Waals surface area contributed by atoms with Crippen LogP contribution >= 0.6 is 0 Å². The first-order valence-corrected chi connectivity index (χ1v) is 12.7. The molecule has 1 aliphatic carbocycles. The highest BCUT2D eigenvalue weighted by Gasteiger charge is 2.45. The molecule has 0 saturated heterocycles. The van der Waals surface area contributed by atoms with Crippen LogP contribution in [0, 0.1) is 5.92 Å². The van der Waals surface area contributed by atoms with Crippen molar-refractivity contribution in [3.05, 3.63) is 11.6 Å². The van der Waals surface area contributed by atoms with Crippen LogP contribution in [0.1, 0.15) is 81.6 Å². The van der Waals surface area contributed by atoms with Gasteiger partial charge in [0.2, 0.25) is 5.91 Å². The smallest absolute Gasteiger partial charge is 0.531 e. The molecular formula is C26H44N4O8. The minimum absolute atomic E-state index is 0.0279. The first kappa shape index (κ1) is 32.9. The molecule has 12 heteroatoms. The minimum Gasteiger partial charge on any atom is -0.545 e. The Labute approximate surface area is 225 Å². The second-order valence-electron chi connectivity index (χ2n) is 11.6. The lowest BCUT2D eigenvalue weighted by molar-refractivity contribution is -0.510. The Morgan fingerprint density at radius 2 is 1.71 bits per heavy atom.